The van der Waals surface area contributed by atoms with Crippen LogP contribution >= 0.6 is 0 Å². The van der Waals surface area contributed by atoms with Crippen molar-refractivity contribution in [1.29, 1.82) is 0 Å². The molecule has 8 nitrogen and oxygen atoms in total. The van der Waals surface area contributed by atoms with Crippen molar-refractivity contribution in [3.8, 4) is 0 Å². The molecule has 10 heteroatoms. The highest BCUT2D eigenvalue weighted by Gasteiger charge is 2.28. The Balaban J connectivity index is 1.72. The third-order valence-corrected chi connectivity index (χ3v) is 6.17. The maximum atomic E-state index is 12.5. The molecule has 3 rings (SSSR count). The maximum Gasteiger partial charge on any atom is 0.251 e. The van der Waals surface area contributed by atoms with Crippen molar-refractivity contribution in [2.75, 3.05) is 11.0 Å². The number of amides is 1. The topological polar surface area (TPSA) is 121 Å². The minimum Gasteiger partial charge on any atom is -0.348 e. The zero-order chi connectivity index (χ0) is 20.4. The Labute approximate surface area is 164 Å². The summed E-state index contributed by atoms with van der Waals surface area (Å²) in [7, 11) is -7.11. The van der Waals surface area contributed by atoms with Crippen LogP contribution in [0.15, 0.2) is 53.4 Å². The molecule has 0 bridgehead atoms. The molecule has 0 aromatic heterocycles. The zero-order valence-electron chi connectivity index (χ0n) is 15.2. The van der Waals surface area contributed by atoms with Gasteiger partial charge in [0.2, 0.25) is 20.0 Å². The van der Waals surface area contributed by atoms with E-state index >= 15 is 0 Å². The molecule has 2 aromatic carbocycles. The number of para-hydroxylation sites is 1. The molecular formula is C18H21N3O5S2. The summed E-state index contributed by atoms with van der Waals surface area (Å²) < 4.78 is 52.5. The fourth-order valence-corrected chi connectivity index (χ4v) is 4.49. The summed E-state index contributed by atoms with van der Waals surface area (Å²) >= 11 is 0. The number of anilines is 1. The van der Waals surface area contributed by atoms with E-state index in [1.54, 1.807) is 24.3 Å². The van der Waals surface area contributed by atoms with Gasteiger partial charge >= 0.3 is 0 Å². The quantitative estimate of drug-likeness (QED) is 0.593. The molecule has 2 aromatic rings. The fourth-order valence-electron chi connectivity index (χ4n) is 2.54. The summed E-state index contributed by atoms with van der Waals surface area (Å²) in [5, 5.41) is 2.68. The van der Waals surface area contributed by atoms with Gasteiger partial charge in [0.25, 0.3) is 5.91 Å². The molecule has 0 radical (unpaired) electrons. The second kappa shape index (κ2) is 7.90. The highest BCUT2D eigenvalue weighted by atomic mass is 32.2. The number of benzene rings is 2. The third kappa shape index (κ3) is 5.54. The zero-order valence-corrected chi connectivity index (χ0v) is 16.8. The molecule has 0 unspecified atom stereocenters. The van der Waals surface area contributed by atoms with Gasteiger partial charge < -0.3 is 5.32 Å². The van der Waals surface area contributed by atoms with E-state index < -0.39 is 26.0 Å². The molecule has 0 atom stereocenters. The Kier molecular flexibility index (Phi) is 5.73. The largest absolute Gasteiger partial charge is 0.348 e. The monoisotopic (exact) mass is 423 g/mol. The van der Waals surface area contributed by atoms with Crippen LogP contribution in [0.2, 0.25) is 0 Å². The number of hydrogen-bond donors (Lipinski definition) is 3. The van der Waals surface area contributed by atoms with Crippen molar-refractivity contribution in [3.63, 3.8) is 0 Å². The van der Waals surface area contributed by atoms with Crippen molar-refractivity contribution < 1.29 is 21.6 Å². The van der Waals surface area contributed by atoms with E-state index in [1.165, 1.54) is 24.3 Å². The molecule has 1 aliphatic rings. The van der Waals surface area contributed by atoms with Gasteiger partial charge in [-0.25, -0.2) is 21.6 Å². The van der Waals surface area contributed by atoms with Crippen molar-refractivity contribution in [3.05, 3.63) is 59.7 Å². The summed E-state index contributed by atoms with van der Waals surface area (Å²) in [6.07, 6.45) is 2.69. The first-order chi connectivity index (χ1) is 13.1. The molecule has 1 fully saturated rings. The van der Waals surface area contributed by atoms with Crippen molar-refractivity contribution in [2.45, 2.75) is 30.3 Å². The third-order valence-electron chi connectivity index (χ3n) is 4.06. The molecule has 150 valence electrons. The van der Waals surface area contributed by atoms with Gasteiger partial charge in [-0.3, -0.25) is 9.52 Å². The lowest BCUT2D eigenvalue weighted by molar-refractivity contribution is 0.0951. The Hall–Kier alpha value is -2.43. The molecular weight excluding hydrogens is 402 g/mol. The lowest BCUT2D eigenvalue weighted by Gasteiger charge is -2.12. The summed E-state index contributed by atoms with van der Waals surface area (Å²) in [5.41, 5.74) is 1.16. The van der Waals surface area contributed by atoms with E-state index in [9.17, 15) is 21.6 Å². The van der Waals surface area contributed by atoms with Crippen LogP contribution in [0.1, 0.15) is 28.8 Å². The summed E-state index contributed by atoms with van der Waals surface area (Å²) in [4.78, 5) is 12.5. The van der Waals surface area contributed by atoms with Gasteiger partial charge in [0.15, 0.2) is 0 Å². The Morgan fingerprint density at radius 2 is 1.75 bits per heavy atom. The first kappa shape index (κ1) is 20.3. The average Bonchev–Trinajstić information content (AvgIpc) is 3.43. The summed E-state index contributed by atoms with van der Waals surface area (Å²) in [5.74, 6) is -0.461. The molecule has 0 aliphatic heterocycles. The number of carbonyl (C=O) groups is 1. The first-order valence-corrected chi connectivity index (χ1v) is 12.0. The molecule has 1 aliphatic carbocycles. The van der Waals surface area contributed by atoms with Gasteiger partial charge in [-0.15, -0.1) is 0 Å². The minimum absolute atomic E-state index is 0.0265. The van der Waals surface area contributed by atoms with Crippen LogP contribution < -0.4 is 14.8 Å². The Bertz CT molecular complexity index is 1090. The molecule has 28 heavy (non-hydrogen) atoms. The van der Waals surface area contributed by atoms with Crippen LogP contribution in [0.25, 0.3) is 0 Å². The second-order valence-electron chi connectivity index (χ2n) is 6.64. The summed E-state index contributed by atoms with van der Waals surface area (Å²) in [6, 6.07) is 12.5. The molecule has 3 N–H and O–H groups in total. The lowest BCUT2D eigenvalue weighted by Crippen LogP contribution is -2.27. The van der Waals surface area contributed by atoms with E-state index in [4.69, 9.17) is 0 Å². The highest BCUT2D eigenvalue weighted by molar-refractivity contribution is 7.92. The Morgan fingerprint density at radius 3 is 2.43 bits per heavy atom. The van der Waals surface area contributed by atoms with Crippen LogP contribution in [-0.4, -0.2) is 35.0 Å². The van der Waals surface area contributed by atoms with Gasteiger partial charge in [0, 0.05) is 18.2 Å². The van der Waals surface area contributed by atoms with Gasteiger partial charge in [-0.05, 0) is 42.7 Å². The van der Waals surface area contributed by atoms with Crippen molar-refractivity contribution >= 4 is 31.6 Å². The van der Waals surface area contributed by atoms with E-state index in [2.05, 4.69) is 14.8 Å². The van der Waals surface area contributed by atoms with E-state index in [-0.39, 0.29) is 23.0 Å². The van der Waals surface area contributed by atoms with Crippen LogP contribution in [0.4, 0.5) is 5.69 Å². The van der Waals surface area contributed by atoms with Crippen LogP contribution in [0, 0.1) is 0 Å². The van der Waals surface area contributed by atoms with E-state index in [0.717, 1.165) is 19.1 Å². The molecule has 1 amide bonds. The molecule has 0 spiro atoms. The van der Waals surface area contributed by atoms with Crippen LogP contribution in [-0.2, 0) is 26.6 Å². The highest BCUT2D eigenvalue weighted by Crippen LogP contribution is 2.22. The fraction of sp³-hybridized carbons (Fsp3) is 0.278. The normalized spacial score (nSPS) is 14.5. The van der Waals surface area contributed by atoms with Crippen LogP contribution in [0.3, 0.4) is 0 Å². The van der Waals surface area contributed by atoms with Crippen molar-refractivity contribution in [2.24, 2.45) is 0 Å². The number of nitrogens with one attached hydrogen (secondary N) is 3. The minimum atomic E-state index is -3.65. The number of rotatable bonds is 8. The predicted octanol–water partition coefficient (Wildman–Crippen LogP) is 1.43. The summed E-state index contributed by atoms with van der Waals surface area (Å²) in [6.45, 7) is 0.0782. The number of sulfonamides is 2. The van der Waals surface area contributed by atoms with Gasteiger partial charge in [0.05, 0.1) is 16.8 Å². The maximum absolute atomic E-state index is 12.5. The Morgan fingerprint density at radius 1 is 1.04 bits per heavy atom. The molecule has 0 heterocycles. The molecule has 1 saturated carbocycles. The van der Waals surface area contributed by atoms with Crippen molar-refractivity contribution in [1.82, 2.24) is 10.0 Å². The van der Waals surface area contributed by atoms with E-state index in [1.807, 2.05) is 0 Å². The lowest BCUT2D eigenvalue weighted by atomic mass is 10.1. The SMILES string of the molecule is CS(=O)(=O)Nc1ccccc1CNC(=O)c1cccc(S(=O)(=O)NC2CC2)c1. The van der Waals surface area contributed by atoms with Gasteiger partial charge in [-0.2, -0.15) is 0 Å². The van der Waals surface area contributed by atoms with Gasteiger partial charge in [-0.1, -0.05) is 24.3 Å². The smallest absolute Gasteiger partial charge is 0.251 e. The van der Waals surface area contributed by atoms with Gasteiger partial charge in [0.1, 0.15) is 0 Å². The standard InChI is InChI=1S/C18H21N3O5S2/c1-27(23,24)21-17-8-3-2-5-14(17)12-19-18(22)13-6-4-7-16(11-13)28(25,26)20-15-9-10-15/h2-8,11,15,20-21H,9-10,12H2,1H3,(H,19,22). The van der Waals surface area contributed by atoms with E-state index in [0.29, 0.717) is 11.3 Å². The van der Waals surface area contributed by atoms with Crippen LogP contribution in [0.5, 0.6) is 0 Å². The second-order valence-corrected chi connectivity index (χ2v) is 10.1. The number of carbonyl (C=O) groups excluding carboxylic acids is 1. The molecule has 0 saturated heterocycles. The average molecular weight is 424 g/mol. The first-order valence-electron chi connectivity index (χ1n) is 8.60. The predicted molar refractivity (Wildman–Crippen MR) is 106 cm³/mol. The number of hydrogen-bond acceptors (Lipinski definition) is 5.